The van der Waals surface area contributed by atoms with Crippen molar-refractivity contribution in [1.82, 2.24) is 0 Å². The maximum Gasteiger partial charge on any atom is 0.342 e. The summed E-state index contributed by atoms with van der Waals surface area (Å²) in [5, 5.41) is 23.5. The molecule has 2 aromatic carbocycles. The summed E-state index contributed by atoms with van der Waals surface area (Å²) in [7, 11) is 0. The molecule has 0 saturated carbocycles. The zero-order valence-electron chi connectivity index (χ0n) is 10.3. The van der Waals surface area contributed by atoms with Crippen LogP contribution in [0.2, 0.25) is 10.0 Å². The number of carbonyl (C=O) groups is 1. The molecular formula is C13H8Cl2N2O4. The normalized spacial score (nSPS) is 10.2. The standard InChI is InChI=1S/C13H8Cl2N2O4/c14-9-5-4-7(6-10(9)15)16-11-3-1-2-8(13(18)19)12(11)17(20)21/h1-6,16H,(H,18,19). The predicted molar refractivity (Wildman–Crippen MR) is 79.8 cm³/mol. The Balaban J connectivity index is 2.48. The molecule has 0 aromatic heterocycles. The third-order valence-electron chi connectivity index (χ3n) is 2.65. The molecule has 0 heterocycles. The molecule has 8 heteroatoms. The van der Waals surface area contributed by atoms with Crippen molar-refractivity contribution in [3.05, 3.63) is 62.1 Å². The molecular weight excluding hydrogens is 319 g/mol. The van der Waals surface area contributed by atoms with Crippen molar-refractivity contribution >= 4 is 46.2 Å². The highest BCUT2D eigenvalue weighted by molar-refractivity contribution is 6.42. The number of halogens is 2. The Morgan fingerprint density at radius 2 is 1.90 bits per heavy atom. The van der Waals surface area contributed by atoms with Crippen LogP contribution in [0, 0.1) is 10.1 Å². The fourth-order valence-electron chi connectivity index (χ4n) is 1.74. The van der Waals surface area contributed by atoms with Crippen LogP contribution >= 0.6 is 23.2 Å². The lowest BCUT2D eigenvalue weighted by Crippen LogP contribution is -2.05. The summed E-state index contributed by atoms with van der Waals surface area (Å²) in [4.78, 5) is 21.4. The smallest absolute Gasteiger partial charge is 0.342 e. The van der Waals surface area contributed by atoms with Crippen LogP contribution in [0.25, 0.3) is 0 Å². The molecule has 0 atom stereocenters. The second-order valence-electron chi connectivity index (χ2n) is 4.02. The highest BCUT2D eigenvalue weighted by Crippen LogP contribution is 2.33. The van der Waals surface area contributed by atoms with E-state index in [-0.39, 0.29) is 10.7 Å². The third-order valence-corrected chi connectivity index (χ3v) is 3.39. The topological polar surface area (TPSA) is 92.5 Å². The van der Waals surface area contributed by atoms with E-state index in [0.717, 1.165) is 0 Å². The van der Waals surface area contributed by atoms with Gasteiger partial charge in [0.2, 0.25) is 0 Å². The van der Waals surface area contributed by atoms with Crippen molar-refractivity contribution in [3.8, 4) is 0 Å². The van der Waals surface area contributed by atoms with Crippen molar-refractivity contribution < 1.29 is 14.8 Å². The van der Waals surface area contributed by atoms with Crippen LogP contribution in [0.15, 0.2) is 36.4 Å². The van der Waals surface area contributed by atoms with Gasteiger partial charge < -0.3 is 10.4 Å². The van der Waals surface area contributed by atoms with Crippen molar-refractivity contribution in [1.29, 1.82) is 0 Å². The first-order chi connectivity index (χ1) is 9.90. The van der Waals surface area contributed by atoms with Crippen LogP contribution < -0.4 is 5.32 Å². The van der Waals surface area contributed by atoms with Gasteiger partial charge in [-0.3, -0.25) is 10.1 Å². The molecule has 2 N–H and O–H groups in total. The number of rotatable bonds is 4. The molecule has 2 aromatic rings. The Hall–Kier alpha value is -2.31. The van der Waals surface area contributed by atoms with E-state index in [1.165, 1.54) is 30.3 Å². The van der Waals surface area contributed by atoms with E-state index in [2.05, 4.69) is 5.32 Å². The molecule has 0 aliphatic carbocycles. The van der Waals surface area contributed by atoms with E-state index in [0.29, 0.717) is 10.7 Å². The minimum absolute atomic E-state index is 0.0540. The van der Waals surface area contributed by atoms with Gasteiger partial charge in [-0.15, -0.1) is 0 Å². The monoisotopic (exact) mass is 326 g/mol. The summed E-state index contributed by atoms with van der Waals surface area (Å²) in [6.07, 6.45) is 0. The number of nitro groups is 1. The van der Waals surface area contributed by atoms with Gasteiger partial charge in [-0.1, -0.05) is 29.3 Å². The minimum Gasteiger partial charge on any atom is -0.477 e. The van der Waals surface area contributed by atoms with Gasteiger partial charge in [0.1, 0.15) is 11.3 Å². The second kappa shape index (κ2) is 5.99. The number of hydrogen-bond donors (Lipinski definition) is 2. The predicted octanol–water partition coefficient (Wildman–Crippen LogP) is 4.34. The van der Waals surface area contributed by atoms with Gasteiger partial charge in [0.15, 0.2) is 0 Å². The number of para-hydroxylation sites is 1. The van der Waals surface area contributed by atoms with Gasteiger partial charge in [0.05, 0.1) is 15.0 Å². The van der Waals surface area contributed by atoms with E-state index in [1.54, 1.807) is 6.07 Å². The highest BCUT2D eigenvalue weighted by atomic mass is 35.5. The Morgan fingerprint density at radius 3 is 2.48 bits per heavy atom. The molecule has 0 amide bonds. The lowest BCUT2D eigenvalue weighted by molar-refractivity contribution is -0.384. The van der Waals surface area contributed by atoms with Gasteiger partial charge in [0, 0.05) is 5.69 Å². The van der Waals surface area contributed by atoms with Crippen LogP contribution in [0.3, 0.4) is 0 Å². The van der Waals surface area contributed by atoms with Crippen LogP contribution in [0.5, 0.6) is 0 Å². The zero-order chi connectivity index (χ0) is 15.6. The minimum atomic E-state index is -1.38. The van der Waals surface area contributed by atoms with Gasteiger partial charge in [0.25, 0.3) is 0 Å². The maximum absolute atomic E-state index is 11.1. The van der Waals surface area contributed by atoms with Crippen molar-refractivity contribution in [2.45, 2.75) is 0 Å². The van der Waals surface area contributed by atoms with Crippen molar-refractivity contribution in [2.24, 2.45) is 0 Å². The number of hydrogen-bond acceptors (Lipinski definition) is 4. The summed E-state index contributed by atoms with van der Waals surface area (Å²) < 4.78 is 0. The van der Waals surface area contributed by atoms with Crippen LogP contribution in [0.1, 0.15) is 10.4 Å². The Morgan fingerprint density at radius 1 is 1.19 bits per heavy atom. The number of benzene rings is 2. The fraction of sp³-hybridized carbons (Fsp3) is 0. The lowest BCUT2D eigenvalue weighted by Gasteiger charge is -2.09. The maximum atomic E-state index is 11.1. The van der Waals surface area contributed by atoms with E-state index < -0.39 is 22.1 Å². The Bertz CT molecular complexity index is 734. The van der Waals surface area contributed by atoms with E-state index in [1.807, 2.05) is 0 Å². The SMILES string of the molecule is O=C(O)c1cccc(Nc2ccc(Cl)c(Cl)c2)c1[N+](=O)[O-]. The number of nitro benzene ring substituents is 1. The first-order valence-electron chi connectivity index (χ1n) is 5.63. The largest absolute Gasteiger partial charge is 0.477 e. The van der Waals surface area contributed by atoms with Crippen molar-refractivity contribution in [2.75, 3.05) is 5.32 Å². The first kappa shape index (κ1) is 15.1. The van der Waals surface area contributed by atoms with Gasteiger partial charge >= 0.3 is 11.7 Å². The van der Waals surface area contributed by atoms with Gasteiger partial charge in [-0.25, -0.2) is 4.79 Å². The average Bonchev–Trinajstić information content (AvgIpc) is 2.42. The Labute approximate surface area is 129 Å². The second-order valence-corrected chi connectivity index (χ2v) is 4.83. The highest BCUT2D eigenvalue weighted by Gasteiger charge is 2.24. The number of carboxylic acid groups (broad SMARTS) is 1. The number of aromatic carboxylic acids is 1. The molecule has 108 valence electrons. The van der Waals surface area contributed by atoms with Crippen molar-refractivity contribution in [3.63, 3.8) is 0 Å². The quantitative estimate of drug-likeness (QED) is 0.643. The molecule has 0 fully saturated rings. The molecule has 0 bridgehead atoms. The molecule has 2 rings (SSSR count). The summed E-state index contributed by atoms with van der Waals surface area (Å²) in [5.74, 6) is -1.38. The molecule has 6 nitrogen and oxygen atoms in total. The number of nitrogens with zero attached hydrogens (tertiary/aromatic N) is 1. The van der Waals surface area contributed by atoms with E-state index >= 15 is 0 Å². The molecule has 0 spiro atoms. The molecule has 0 unspecified atom stereocenters. The fourth-order valence-corrected chi connectivity index (χ4v) is 2.04. The summed E-state index contributed by atoms with van der Waals surface area (Å²) in [6, 6.07) is 8.58. The van der Waals surface area contributed by atoms with Crippen LogP contribution in [0.4, 0.5) is 17.1 Å². The van der Waals surface area contributed by atoms with Gasteiger partial charge in [-0.2, -0.15) is 0 Å². The molecule has 0 saturated heterocycles. The first-order valence-corrected chi connectivity index (χ1v) is 6.38. The Kier molecular flexibility index (Phi) is 4.30. The molecule has 0 aliphatic rings. The van der Waals surface area contributed by atoms with Crippen LogP contribution in [-0.2, 0) is 0 Å². The third kappa shape index (κ3) is 3.24. The zero-order valence-corrected chi connectivity index (χ0v) is 11.9. The van der Waals surface area contributed by atoms with E-state index in [9.17, 15) is 14.9 Å². The molecule has 0 radical (unpaired) electrons. The summed E-state index contributed by atoms with van der Waals surface area (Å²) in [6.45, 7) is 0. The molecule has 21 heavy (non-hydrogen) atoms. The summed E-state index contributed by atoms with van der Waals surface area (Å²) >= 11 is 11.7. The lowest BCUT2D eigenvalue weighted by atomic mass is 10.1. The van der Waals surface area contributed by atoms with Gasteiger partial charge in [-0.05, 0) is 30.3 Å². The summed E-state index contributed by atoms with van der Waals surface area (Å²) in [5.41, 5.74) is -0.408. The number of nitrogens with one attached hydrogen (secondary N) is 1. The number of carboxylic acids is 1. The number of anilines is 2. The molecule has 0 aliphatic heterocycles. The average molecular weight is 327 g/mol. The van der Waals surface area contributed by atoms with E-state index in [4.69, 9.17) is 28.3 Å². The van der Waals surface area contributed by atoms with Crippen LogP contribution in [-0.4, -0.2) is 16.0 Å².